The number of nitrogens with zero attached hydrogens (tertiary/aromatic N) is 6. The lowest BCUT2D eigenvalue weighted by molar-refractivity contribution is -0.138. The molecule has 13 heteroatoms. The summed E-state index contributed by atoms with van der Waals surface area (Å²) in [7, 11) is 0. The number of hydrogen-bond donors (Lipinski definition) is 1. The molecule has 2 aromatic heterocycles. The zero-order valence-electron chi connectivity index (χ0n) is 24.2. The minimum Gasteiger partial charge on any atom is -0.481 e. The maximum atomic E-state index is 13.6. The molecular formula is C30H35F3N6O3S. The van der Waals surface area contributed by atoms with E-state index in [1.165, 1.54) is 17.5 Å². The monoisotopic (exact) mass is 616 g/mol. The van der Waals surface area contributed by atoms with Crippen LogP contribution in [0.15, 0.2) is 30.6 Å². The number of carbonyl (C=O) groups is 2. The molecule has 2 fully saturated rings. The molecule has 43 heavy (non-hydrogen) atoms. The number of carboxylic acid groups (broad SMARTS) is 1. The second-order valence-corrected chi connectivity index (χ2v) is 12.4. The summed E-state index contributed by atoms with van der Waals surface area (Å²) in [5, 5.41) is 9.42. The Balaban J connectivity index is 1.31. The normalized spacial score (nSPS) is 18.3. The molecule has 5 rings (SSSR count). The zero-order valence-corrected chi connectivity index (χ0v) is 25.0. The standard InChI is InChI=1S/C30H35F3N6O3S/c1-19-12-21(14-22(13-19)30(31,32)33)29-25(18-39-6-3-4-20(39)2)43-27(36-29)15-24(40)23-16-35-26(17-34-23)38-10-8-37(9-11-38)7-5-28(41)42/h12-14,16-17,20H,3-11,15,18H2,1-2H3,(H,41,42)/t20-/m1/s1. The number of thiazole rings is 1. The molecule has 2 aliphatic heterocycles. The van der Waals surface area contributed by atoms with Crippen LogP contribution in [-0.4, -0.2) is 86.9 Å². The van der Waals surface area contributed by atoms with E-state index in [4.69, 9.17) is 10.1 Å². The second kappa shape index (κ2) is 13.1. The van der Waals surface area contributed by atoms with E-state index in [2.05, 4.69) is 26.7 Å². The van der Waals surface area contributed by atoms with E-state index < -0.39 is 17.7 Å². The fourth-order valence-corrected chi connectivity index (χ4v) is 6.73. The van der Waals surface area contributed by atoms with Crippen molar-refractivity contribution in [2.75, 3.05) is 44.2 Å². The van der Waals surface area contributed by atoms with Crippen LogP contribution in [0, 0.1) is 6.92 Å². The zero-order chi connectivity index (χ0) is 30.7. The Morgan fingerprint density at radius 1 is 1.07 bits per heavy atom. The van der Waals surface area contributed by atoms with Crippen molar-refractivity contribution in [3.8, 4) is 11.3 Å². The molecule has 0 amide bonds. The Morgan fingerprint density at radius 3 is 2.47 bits per heavy atom. The Hall–Kier alpha value is -3.42. The van der Waals surface area contributed by atoms with Crippen LogP contribution in [0.25, 0.3) is 11.3 Å². The summed E-state index contributed by atoms with van der Waals surface area (Å²) in [5.74, 6) is -0.433. The molecule has 4 heterocycles. The van der Waals surface area contributed by atoms with Gasteiger partial charge in [0, 0.05) is 55.8 Å². The molecule has 0 bridgehead atoms. The van der Waals surface area contributed by atoms with E-state index in [1.54, 1.807) is 19.2 Å². The molecule has 1 aromatic carbocycles. The van der Waals surface area contributed by atoms with E-state index in [1.807, 2.05) is 4.90 Å². The van der Waals surface area contributed by atoms with Crippen molar-refractivity contribution in [3.63, 3.8) is 0 Å². The van der Waals surface area contributed by atoms with Crippen molar-refractivity contribution < 1.29 is 27.9 Å². The minimum atomic E-state index is -4.47. The molecule has 0 spiro atoms. The van der Waals surface area contributed by atoms with Gasteiger partial charge in [-0.05, 0) is 57.0 Å². The van der Waals surface area contributed by atoms with Crippen LogP contribution in [0.2, 0.25) is 0 Å². The maximum absolute atomic E-state index is 13.6. The van der Waals surface area contributed by atoms with E-state index in [0.717, 1.165) is 36.4 Å². The van der Waals surface area contributed by atoms with Crippen molar-refractivity contribution >= 4 is 28.9 Å². The summed E-state index contributed by atoms with van der Waals surface area (Å²) in [6.07, 6.45) is 0.760. The van der Waals surface area contributed by atoms with Crippen LogP contribution < -0.4 is 4.90 Å². The second-order valence-electron chi connectivity index (χ2n) is 11.3. The van der Waals surface area contributed by atoms with Crippen LogP contribution in [0.5, 0.6) is 0 Å². The number of aliphatic carboxylic acids is 1. The van der Waals surface area contributed by atoms with Crippen molar-refractivity contribution in [2.45, 2.75) is 58.3 Å². The van der Waals surface area contributed by atoms with Gasteiger partial charge in [-0.3, -0.25) is 19.4 Å². The van der Waals surface area contributed by atoms with E-state index >= 15 is 0 Å². The molecule has 0 saturated carbocycles. The molecule has 0 radical (unpaired) electrons. The number of aryl methyl sites for hydroxylation is 1. The number of Topliss-reactive ketones (excluding diaryl/α,β-unsaturated/α-hetero) is 1. The summed E-state index contributed by atoms with van der Waals surface area (Å²) >= 11 is 1.36. The van der Waals surface area contributed by atoms with Crippen LogP contribution in [-0.2, 0) is 23.9 Å². The SMILES string of the molecule is Cc1cc(-c2nc(CC(=O)c3cnc(N4CCN(CCC(=O)O)CC4)cn3)sc2CN2CCC[C@H]2C)cc(C(F)(F)F)c1. The van der Waals surface area contributed by atoms with Crippen LogP contribution in [0.1, 0.15) is 57.7 Å². The van der Waals surface area contributed by atoms with Gasteiger partial charge in [0.1, 0.15) is 16.5 Å². The number of aromatic nitrogens is 3. The molecule has 3 aromatic rings. The highest BCUT2D eigenvalue weighted by atomic mass is 32.1. The summed E-state index contributed by atoms with van der Waals surface area (Å²) in [6.45, 7) is 8.55. The Bertz CT molecular complexity index is 1450. The fraction of sp³-hybridized carbons (Fsp3) is 0.500. The first-order valence-corrected chi connectivity index (χ1v) is 15.2. The number of halogens is 3. The summed E-state index contributed by atoms with van der Waals surface area (Å²) in [4.78, 5) is 44.8. The highest BCUT2D eigenvalue weighted by Gasteiger charge is 2.32. The van der Waals surface area contributed by atoms with Gasteiger partial charge >= 0.3 is 12.1 Å². The summed E-state index contributed by atoms with van der Waals surface area (Å²) in [5.41, 5.74) is 0.866. The highest BCUT2D eigenvalue weighted by molar-refractivity contribution is 7.12. The molecule has 1 N–H and O–H groups in total. The quantitative estimate of drug-likeness (QED) is 0.318. The lowest BCUT2D eigenvalue weighted by Crippen LogP contribution is -2.47. The van der Waals surface area contributed by atoms with Gasteiger partial charge in [0.2, 0.25) is 0 Å². The largest absolute Gasteiger partial charge is 0.481 e. The van der Waals surface area contributed by atoms with Gasteiger partial charge in [0.05, 0.1) is 36.5 Å². The highest BCUT2D eigenvalue weighted by Crippen LogP contribution is 2.37. The Morgan fingerprint density at radius 2 is 1.84 bits per heavy atom. The van der Waals surface area contributed by atoms with Gasteiger partial charge in [-0.25, -0.2) is 15.0 Å². The average molecular weight is 617 g/mol. The number of ketones is 1. The lowest BCUT2D eigenvalue weighted by atomic mass is 10.0. The van der Waals surface area contributed by atoms with E-state index in [9.17, 15) is 22.8 Å². The number of hydrogen-bond acceptors (Lipinski definition) is 9. The Kier molecular flexibility index (Phi) is 9.42. The number of piperazine rings is 1. The number of likely N-dealkylation sites (tertiary alicyclic amines) is 1. The minimum absolute atomic E-state index is 0.0263. The van der Waals surface area contributed by atoms with Crippen molar-refractivity contribution in [1.29, 1.82) is 0 Å². The number of rotatable bonds is 10. The van der Waals surface area contributed by atoms with Crippen LogP contribution in [0.3, 0.4) is 0 Å². The van der Waals surface area contributed by atoms with Crippen LogP contribution in [0.4, 0.5) is 19.0 Å². The summed E-state index contributed by atoms with van der Waals surface area (Å²) < 4.78 is 40.9. The van der Waals surface area contributed by atoms with Crippen LogP contribution >= 0.6 is 11.3 Å². The van der Waals surface area contributed by atoms with E-state index in [-0.39, 0.29) is 24.3 Å². The molecule has 9 nitrogen and oxygen atoms in total. The molecule has 230 valence electrons. The van der Waals surface area contributed by atoms with Gasteiger partial charge in [0.25, 0.3) is 0 Å². The first kappa shape index (κ1) is 31.0. The third-order valence-electron chi connectivity index (χ3n) is 8.03. The molecule has 2 saturated heterocycles. The van der Waals surface area contributed by atoms with Crippen molar-refractivity contribution in [3.05, 3.63) is 57.3 Å². The van der Waals surface area contributed by atoms with E-state index in [0.29, 0.717) is 73.0 Å². The lowest BCUT2D eigenvalue weighted by Gasteiger charge is -2.34. The smallest absolute Gasteiger partial charge is 0.416 e. The van der Waals surface area contributed by atoms with Gasteiger partial charge in [0.15, 0.2) is 5.78 Å². The fourth-order valence-electron chi connectivity index (χ4n) is 5.62. The van der Waals surface area contributed by atoms with Gasteiger partial charge in [-0.2, -0.15) is 13.2 Å². The molecule has 2 aliphatic rings. The van der Waals surface area contributed by atoms with Gasteiger partial charge < -0.3 is 10.0 Å². The predicted molar refractivity (Wildman–Crippen MR) is 157 cm³/mol. The first-order chi connectivity index (χ1) is 20.5. The molecule has 1 atom stereocenters. The third kappa shape index (κ3) is 7.76. The van der Waals surface area contributed by atoms with Crippen molar-refractivity contribution in [1.82, 2.24) is 24.8 Å². The summed E-state index contributed by atoms with van der Waals surface area (Å²) in [6, 6.07) is 4.35. The first-order valence-electron chi connectivity index (χ1n) is 14.4. The third-order valence-corrected chi connectivity index (χ3v) is 9.07. The van der Waals surface area contributed by atoms with Gasteiger partial charge in [-0.1, -0.05) is 0 Å². The molecule has 0 aliphatic carbocycles. The topological polar surface area (TPSA) is 103 Å². The number of carbonyl (C=O) groups excluding carboxylic acids is 1. The Labute approximate surface area is 252 Å². The van der Waals surface area contributed by atoms with Gasteiger partial charge in [-0.15, -0.1) is 11.3 Å². The predicted octanol–water partition coefficient (Wildman–Crippen LogP) is 4.93. The maximum Gasteiger partial charge on any atom is 0.416 e. The number of benzene rings is 1. The number of carboxylic acids is 1. The number of alkyl halides is 3. The molecular weight excluding hydrogens is 581 g/mol. The number of anilines is 1. The molecule has 0 unspecified atom stereocenters. The average Bonchev–Trinajstić information content (AvgIpc) is 3.56. The van der Waals surface area contributed by atoms with Crippen molar-refractivity contribution in [2.24, 2.45) is 0 Å².